The smallest absolute Gasteiger partial charge is 0.260 e. The predicted octanol–water partition coefficient (Wildman–Crippen LogP) is 6.53. The number of para-hydroxylation sites is 1. The fourth-order valence-electron chi connectivity index (χ4n) is 7.70. The van der Waals surface area contributed by atoms with Gasteiger partial charge in [-0.3, -0.25) is 9.48 Å². The largest absolute Gasteiger partial charge is 0.305 e. The van der Waals surface area contributed by atoms with E-state index in [0.717, 1.165) is 35.3 Å². The first kappa shape index (κ1) is 25.9. The van der Waals surface area contributed by atoms with Crippen LogP contribution in [0.3, 0.4) is 0 Å². The van der Waals surface area contributed by atoms with Crippen LogP contribution in [0, 0.1) is 46.8 Å². The molecule has 2 aromatic heterocycles. The van der Waals surface area contributed by atoms with E-state index in [-0.39, 0.29) is 11.2 Å². The van der Waals surface area contributed by atoms with Gasteiger partial charge in [0.15, 0.2) is 29.1 Å². The Morgan fingerprint density at radius 3 is 2.02 bits per heavy atom. The number of nitrogens with zero attached hydrogens (tertiary/aromatic N) is 4. The molecule has 41 heavy (non-hydrogen) atoms. The molecule has 212 valence electrons. The van der Waals surface area contributed by atoms with Gasteiger partial charge in [-0.15, -0.1) is 0 Å². The Morgan fingerprint density at radius 2 is 1.41 bits per heavy atom. The van der Waals surface area contributed by atoms with Gasteiger partial charge in [-0.2, -0.15) is 10.2 Å². The zero-order valence-corrected chi connectivity index (χ0v) is 21.9. The van der Waals surface area contributed by atoms with E-state index >= 15 is 0 Å². The zero-order valence-electron chi connectivity index (χ0n) is 21.9. The highest BCUT2D eigenvalue weighted by atomic mass is 19.2. The van der Waals surface area contributed by atoms with Gasteiger partial charge in [0.2, 0.25) is 5.82 Å². The highest BCUT2D eigenvalue weighted by Gasteiger charge is 2.54. The Hall–Kier alpha value is -4.02. The number of hydrogen-bond donors (Lipinski definition) is 1. The summed E-state index contributed by atoms with van der Waals surface area (Å²) in [5, 5.41) is 11.8. The lowest BCUT2D eigenvalue weighted by Gasteiger charge is -2.56. The third kappa shape index (κ3) is 4.33. The average molecular weight is 568 g/mol. The number of amides is 1. The fraction of sp³-hybridized carbons (Fsp3) is 0.367. The van der Waals surface area contributed by atoms with E-state index in [1.165, 1.54) is 31.5 Å². The van der Waals surface area contributed by atoms with Crippen molar-refractivity contribution in [3.8, 4) is 5.69 Å². The van der Waals surface area contributed by atoms with Gasteiger partial charge in [-0.05, 0) is 68.4 Å². The quantitative estimate of drug-likeness (QED) is 0.164. The maximum absolute atomic E-state index is 14.2. The van der Waals surface area contributed by atoms with Crippen LogP contribution in [0.5, 0.6) is 0 Å². The van der Waals surface area contributed by atoms with Crippen LogP contribution in [0.1, 0.15) is 60.1 Å². The van der Waals surface area contributed by atoms with Crippen LogP contribution in [0.4, 0.5) is 27.8 Å². The summed E-state index contributed by atoms with van der Waals surface area (Å²) >= 11 is 0. The van der Waals surface area contributed by atoms with Crippen LogP contribution in [-0.2, 0) is 12.0 Å². The Balaban J connectivity index is 1.19. The van der Waals surface area contributed by atoms with Gasteiger partial charge in [0, 0.05) is 23.9 Å². The molecule has 2 heterocycles. The van der Waals surface area contributed by atoms with E-state index < -0.39 is 47.1 Å². The molecule has 4 fully saturated rings. The number of aromatic nitrogens is 4. The highest BCUT2D eigenvalue weighted by molar-refractivity contribution is 6.04. The topological polar surface area (TPSA) is 64.7 Å². The summed E-state index contributed by atoms with van der Waals surface area (Å²) in [4.78, 5) is 13.7. The molecule has 11 heteroatoms. The molecule has 4 aromatic rings. The van der Waals surface area contributed by atoms with Crippen molar-refractivity contribution in [3.63, 3.8) is 0 Å². The number of rotatable bonds is 6. The number of benzene rings is 2. The molecule has 8 rings (SSSR count). The minimum Gasteiger partial charge on any atom is -0.305 e. The first-order chi connectivity index (χ1) is 19.7. The molecule has 0 aliphatic heterocycles. The lowest BCUT2D eigenvalue weighted by Crippen LogP contribution is -2.49. The second-order valence-corrected chi connectivity index (χ2v) is 11.8. The van der Waals surface area contributed by atoms with Crippen molar-refractivity contribution in [3.05, 3.63) is 94.7 Å². The van der Waals surface area contributed by atoms with E-state index in [0.29, 0.717) is 23.3 Å². The van der Waals surface area contributed by atoms with Gasteiger partial charge < -0.3 is 5.32 Å². The normalized spacial score (nSPS) is 24.7. The van der Waals surface area contributed by atoms with E-state index in [9.17, 15) is 26.7 Å². The molecule has 0 atom stereocenters. The summed E-state index contributed by atoms with van der Waals surface area (Å²) in [6.45, 7) is -0.716. The minimum atomic E-state index is -2.22. The summed E-state index contributed by atoms with van der Waals surface area (Å²) < 4.78 is 71.8. The van der Waals surface area contributed by atoms with E-state index in [1.807, 2.05) is 30.3 Å². The molecule has 0 unspecified atom stereocenters. The second-order valence-electron chi connectivity index (χ2n) is 11.8. The summed E-state index contributed by atoms with van der Waals surface area (Å²) in [6, 6.07) is 10.9. The highest BCUT2D eigenvalue weighted by Crippen LogP contribution is 2.61. The van der Waals surface area contributed by atoms with Crippen LogP contribution >= 0.6 is 0 Å². The van der Waals surface area contributed by atoms with Crippen LogP contribution < -0.4 is 5.32 Å². The summed E-state index contributed by atoms with van der Waals surface area (Å²) in [5.41, 5.74) is 0.844. The zero-order chi connectivity index (χ0) is 28.5. The van der Waals surface area contributed by atoms with Crippen LogP contribution in [0.25, 0.3) is 5.69 Å². The van der Waals surface area contributed by atoms with Gasteiger partial charge in [-0.25, -0.2) is 26.6 Å². The van der Waals surface area contributed by atoms with E-state index in [2.05, 4.69) is 10.4 Å². The average Bonchev–Trinajstić information content (AvgIpc) is 3.61. The third-order valence-corrected chi connectivity index (χ3v) is 9.02. The van der Waals surface area contributed by atoms with Gasteiger partial charge in [0.1, 0.15) is 0 Å². The number of anilines is 1. The van der Waals surface area contributed by atoms with Crippen LogP contribution in [-0.4, -0.2) is 25.5 Å². The number of halogens is 5. The first-order valence-corrected chi connectivity index (χ1v) is 13.7. The van der Waals surface area contributed by atoms with E-state index in [4.69, 9.17) is 5.10 Å². The lowest BCUT2D eigenvalue weighted by atomic mass is 9.48. The molecular formula is C30H26F5N5O. The molecule has 1 amide bonds. The fourth-order valence-corrected chi connectivity index (χ4v) is 7.70. The Kier molecular flexibility index (Phi) is 6.02. The summed E-state index contributed by atoms with van der Waals surface area (Å²) in [6.07, 6.45) is 9.73. The molecular weight excluding hydrogens is 541 g/mol. The molecule has 0 saturated heterocycles. The maximum Gasteiger partial charge on any atom is 0.260 e. The summed E-state index contributed by atoms with van der Waals surface area (Å²) in [5.74, 6) is -8.55. The summed E-state index contributed by atoms with van der Waals surface area (Å²) in [7, 11) is 0. The Morgan fingerprint density at radius 1 is 0.829 bits per heavy atom. The number of carbonyl (C=O) groups is 1. The number of nitrogens with one attached hydrogen (secondary N) is 1. The SMILES string of the molecule is O=C(Nc1ccn(Cc2c(F)c(F)c(F)c(F)c2F)n1)c1cn(-c2ccccc2)nc1C12CC3CC(CC(C3)C1)C2. The maximum atomic E-state index is 14.2. The van der Waals surface area contributed by atoms with Gasteiger partial charge in [0.05, 0.1) is 29.1 Å². The molecule has 0 radical (unpaired) electrons. The molecule has 1 N–H and O–H groups in total. The number of hydrogen-bond acceptors (Lipinski definition) is 3. The van der Waals surface area contributed by atoms with Crippen molar-refractivity contribution in [1.29, 1.82) is 0 Å². The first-order valence-electron chi connectivity index (χ1n) is 13.7. The third-order valence-electron chi connectivity index (χ3n) is 9.02. The van der Waals surface area contributed by atoms with Crippen molar-refractivity contribution in [2.75, 3.05) is 5.32 Å². The van der Waals surface area contributed by atoms with Crippen molar-refractivity contribution in [2.45, 2.75) is 50.5 Å². The molecule has 4 aliphatic rings. The van der Waals surface area contributed by atoms with Crippen LogP contribution in [0.15, 0.2) is 48.8 Å². The molecule has 0 spiro atoms. The van der Waals surface area contributed by atoms with Gasteiger partial charge >= 0.3 is 0 Å². The molecule has 4 aliphatic carbocycles. The van der Waals surface area contributed by atoms with Crippen LogP contribution in [0.2, 0.25) is 0 Å². The standard InChI is InChI=1S/C30H26F5N5O/c31-23-20(24(32)26(34)27(35)25(23)33)14-39-7-6-22(37-39)36-29(41)21-15-40(19-4-2-1-3-5-19)38-28(21)30-11-16-8-17(12-30)10-18(9-16)13-30/h1-7,15-18H,8-14H2,(H,36,37,41). The number of carbonyl (C=O) groups excluding carboxylic acids is 1. The minimum absolute atomic E-state index is 0.0720. The lowest BCUT2D eigenvalue weighted by molar-refractivity contribution is -0.00765. The monoisotopic (exact) mass is 567 g/mol. The Bertz CT molecular complexity index is 1600. The second kappa shape index (κ2) is 9.53. The van der Waals surface area contributed by atoms with Crippen molar-refractivity contribution in [2.24, 2.45) is 17.8 Å². The molecule has 4 bridgehead atoms. The predicted molar refractivity (Wildman–Crippen MR) is 139 cm³/mol. The van der Waals surface area contributed by atoms with Crippen molar-refractivity contribution in [1.82, 2.24) is 19.6 Å². The Labute approximate surface area is 232 Å². The van der Waals surface area contributed by atoms with Crippen molar-refractivity contribution < 1.29 is 26.7 Å². The molecule has 4 saturated carbocycles. The van der Waals surface area contributed by atoms with Crippen molar-refractivity contribution >= 4 is 11.7 Å². The van der Waals surface area contributed by atoms with E-state index in [1.54, 1.807) is 10.9 Å². The molecule has 6 nitrogen and oxygen atoms in total. The van der Waals surface area contributed by atoms with Gasteiger partial charge in [-0.1, -0.05) is 18.2 Å². The van der Waals surface area contributed by atoms with Gasteiger partial charge in [0.25, 0.3) is 5.91 Å². The molecule has 2 aromatic carbocycles.